The Kier molecular flexibility index (Phi) is 7.79. The average Bonchev–Trinajstić information content (AvgIpc) is 3.58. The van der Waals surface area contributed by atoms with Gasteiger partial charge in [0.1, 0.15) is 11.5 Å². The molecule has 0 aliphatic heterocycles. The first-order valence-electron chi connectivity index (χ1n) is 11.1. The van der Waals surface area contributed by atoms with Crippen molar-refractivity contribution in [2.75, 3.05) is 25.0 Å². The van der Waals surface area contributed by atoms with E-state index in [-0.39, 0.29) is 16.9 Å². The molecule has 0 atom stereocenters. The molecule has 8 heteroatoms. The second-order valence-corrected chi connectivity index (χ2v) is 10.1. The quantitative estimate of drug-likeness (QED) is 0.532. The fraction of sp³-hybridized carbons (Fsp3) is 0.458. The monoisotopic (exact) mass is 460 g/mol. The SMILES string of the molecule is CCN(CC)S(=O)(=O)c1ccc(OC(C)C)c(NC(=O)c2ccc(OCC3CC3)cc2)c1. The third-order valence-corrected chi connectivity index (χ3v) is 7.25. The molecule has 2 aromatic carbocycles. The first kappa shape index (κ1) is 24.1. The maximum atomic E-state index is 12.9. The summed E-state index contributed by atoms with van der Waals surface area (Å²) < 4.78 is 38.8. The summed E-state index contributed by atoms with van der Waals surface area (Å²) in [5.41, 5.74) is 0.752. The molecule has 0 aromatic heterocycles. The lowest BCUT2D eigenvalue weighted by atomic mass is 10.2. The van der Waals surface area contributed by atoms with Crippen LogP contribution < -0.4 is 14.8 Å². The highest BCUT2D eigenvalue weighted by atomic mass is 32.2. The molecule has 0 heterocycles. The molecule has 1 aliphatic carbocycles. The van der Waals surface area contributed by atoms with Crippen LogP contribution in [0.3, 0.4) is 0 Å². The zero-order chi connectivity index (χ0) is 23.3. The Bertz CT molecular complexity index is 1030. The molecular weight excluding hydrogens is 428 g/mol. The van der Waals surface area contributed by atoms with Crippen LogP contribution in [-0.4, -0.2) is 44.4 Å². The first-order valence-corrected chi connectivity index (χ1v) is 12.5. The summed E-state index contributed by atoms with van der Waals surface area (Å²) in [7, 11) is -3.67. The Morgan fingerprint density at radius 2 is 1.75 bits per heavy atom. The van der Waals surface area contributed by atoms with Crippen LogP contribution in [0.1, 0.15) is 50.9 Å². The van der Waals surface area contributed by atoms with Crippen molar-refractivity contribution in [3.63, 3.8) is 0 Å². The van der Waals surface area contributed by atoms with E-state index in [0.29, 0.717) is 42.6 Å². The average molecular weight is 461 g/mol. The predicted octanol–water partition coefficient (Wildman–Crippen LogP) is 4.55. The topological polar surface area (TPSA) is 84.9 Å². The summed E-state index contributed by atoms with van der Waals surface area (Å²) in [4.78, 5) is 13.0. The summed E-state index contributed by atoms with van der Waals surface area (Å²) in [5.74, 6) is 1.43. The second kappa shape index (κ2) is 10.4. The van der Waals surface area contributed by atoms with Gasteiger partial charge in [0, 0.05) is 18.7 Å². The van der Waals surface area contributed by atoms with Gasteiger partial charge in [-0.15, -0.1) is 0 Å². The molecule has 0 unspecified atom stereocenters. The molecular formula is C24H32N2O5S. The number of rotatable bonds is 11. The van der Waals surface area contributed by atoms with Crippen molar-refractivity contribution in [1.29, 1.82) is 0 Å². The zero-order valence-corrected chi connectivity index (χ0v) is 19.9. The van der Waals surface area contributed by atoms with E-state index in [9.17, 15) is 13.2 Å². The number of benzene rings is 2. The molecule has 1 saturated carbocycles. The van der Waals surface area contributed by atoms with E-state index >= 15 is 0 Å². The highest BCUT2D eigenvalue weighted by Crippen LogP contribution is 2.31. The van der Waals surface area contributed by atoms with Gasteiger partial charge in [0.05, 0.1) is 23.3 Å². The fourth-order valence-corrected chi connectivity index (χ4v) is 4.72. The number of sulfonamides is 1. The number of carbonyl (C=O) groups is 1. The van der Waals surface area contributed by atoms with Gasteiger partial charge >= 0.3 is 0 Å². The van der Waals surface area contributed by atoms with Crippen molar-refractivity contribution in [2.45, 2.75) is 51.5 Å². The predicted molar refractivity (Wildman–Crippen MR) is 125 cm³/mol. The van der Waals surface area contributed by atoms with E-state index in [1.165, 1.54) is 29.3 Å². The van der Waals surface area contributed by atoms with E-state index in [1.54, 1.807) is 44.2 Å². The minimum atomic E-state index is -3.67. The lowest BCUT2D eigenvalue weighted by Crippen LogP contribution is -2.30. The van der Waals surface area contributed by atoms with Crippen LogP contribution in [0.15, 0.2) is 47.4 Å². The van der Waals surface area contributed by atoms with E-state index in [4.69, 9.17) is 9.47 Å². The van der Waals surface area contributed by atoms with Gasteiger partial charge in [-0.1, -0.05) is 13.8 Å². The molecule has 7 nitrogen and oxygen atoms in total. The zero-order valence-electron chi connectivity index (χ0n) is 19.1. The molecule has 174 valence electrons. The third kappa shape index (κ3) is 6.01. The molecule has 1 aliphatic rings. The third-order valence-electron chi connectivity index (χ3n) is 5.20. The van der Waals surface area contributed by atoms with E-state index in [1.807, 2.05) is 13.8 Å². The van der Waals surface area contributed by atoms with Gasteiger partial charge in [0.2, 0.25) is 10.0 Å². The Hall–Kier alpha value is -2.58. The van der Waals surface area contributed by atoms with Crippen LogP contribution in [0.2, 0.25) is 0 Å². The van der Waals surface area contributed by atoms with Crippen LogP contribution >= 0.6 is 0 Å². The summed E-state index contributed by atoms with van der Waals surface area (Å²) in [6.45, 7) is 8.74. The minimum Gasteiger partial charge on any atom is -0.493 e. The molecule has 1 amide bonds. The van der Waals surface area contributed by atoms with Crippen LogP contribution in [0.4, 0.5) is 5.69 Å². The lowest BCUT2D eigenvalue weighted by Gasteiger charge is -2.20. The normalized spacial score (nSPS) is 13.9. The molecule has 1 N–H and O–H groups in total. The lowest BCUT2D eigenvalue weighted by molar-refractivity contribution is 0.102. The number of amides is 1. The molecule has 0 spiro atoms. The van der Waals surface area contributed by atoms with Crippen LogP contribution in [0, 0.1) is 5.92 Å². The summed E-state index contributed by atoms with van der Waals surface area (Å²) in [5, 5.41) is 2.81. The summed E-state index contributed by atoms with van der Waals surface area (Å²) >= 11 is 0. The Morgan fingerprint density at radius 1 is 1.09 bits per heavy atom. The van der Waals surface area contributed by atoms with Crippen molar-refractivity contribution in [1.82, 2.24) is 4.31 Å². The van der Waals surface area contributed by atoms with E-state index in [2.05, 4.69) is 5.32 Å². The van der Waals surface area contributed by atoms with Gasteiger partial charge in [0.15, 0.2) is 0 Å². The van der Waals surface area contributed by atoms with Gasteiger partial charge in [-0.2, -0.15) is 4.31 Å². The van der Waals surface area contributed by atoms with Crippen molar-refractivity contribution >= 4 is 21.6 Å². The molecule has 1 fully saturated rings. The van der Waals surface area contributed by atoms with Crippen LogP contribution in [-0.2, 0) is 10.0 Å². The van der Waals surface area contributed by atoms with Gasteiger partial charge < -0.3 is 14.8 Å². The molecule has 0 radical (unpaired) electrons. The number of hydrogen-bond donors (Lipinski definition) is 1. The number of carbonyl (C=O) groups excluding carboxylic acids is 1. The molecule has 0 saturated heterocycles. The molecule has 0 bridgehead atoms. The van der Waals surface area contributed by atoms with Gasteiger partial charge in [-0.3, -0.25) is 4.79 Å². The Morgan fingerprint density at radius 3 is 2.31 bits per heavy atom. The van der Waals surface area contributed by atoms with E-state index < -0.39 is 10.0 Å². The fourth-order valence-electron chi connectivity index (χ4n) is 3.23. The summed E-state index contributed by atoms with van der Waals surface area (Å²) in [6, 6.07) is 11.5. The smallest absolute Gasteiger partial charge is 0.255 e. The highest BCUT2D eigenvalue weighted by molar-refractivity contribution is 7.89. The highest BCUT2D eigenvalue weighted by Gasteiger charge is 2.24. The Balaban J connectivity index is 1.82. The Labute approximate surface area is 190 Å². The number of nitrogens with one attached hydrogen (secondary N) is 1. The number of hydrogen-bond acceptors (Lipinski definition) is 5. The maximum Gasteiger partial charge on any atom is 0.255 e. The summed E-state index contributed by atoms with van der Waals surface area (Å²) in [6.07, 6.45) is 2.29. The van der Waals surface area contributed by atoms with Crippen molar-refractivity contribution in [2.24, 2.45) is 5.92 Å². The van der Waals surface area contributed by atoms with E-state index in [0.717, 1.165) is 5.75 Å². The molecule has 3 rings (SSSR count). The largest absolute Gasteiger partial charge is 0.493 e. The maximum absolute atomic E-state index is 12.9. The van der Waals surface area contributed by atoms with Crippen LogP contribution in [0.25, 0.3) is 0 Å². The number of nitrogens with zero attached hydrogens (tertiary/aromatic N) is 1. The minimum absolute atomic E-state index is 0.108. The van der Waals surface area contributed by atoms with Gasteiger partial charge in [-0.25, -0.2) is 8.42 Å². The van der Waals surface area contributed by atoms with Crippen LogP contribution in [0.5, 0.6) is 11.5 Å². The van der Waals surface area contributed by atoms with Crippen molar-refractivity contribution in [3.8, 4) is 11.5 Å². The van der Waals surface area contributed by atoms with Gasteiger partial charge in [0.25, 0.3) is 5.91 Å². The standard InChI is InChI=1S/C24H32N2O5S/c1-5-26(6-2)32(28,29)21-13-14-23(31-17(3)4)22(15-21)25-24(27)19-9-11-20(12-10-19)30-16-18-7-8-18/h9-15,17-18H,5-8,16H2,1-4H3,(H,25,27). The molecule has 2 aromatic rings. The number of anilines is 1. The van der Waals surface area contributed by atoms with Gasteiger partial charge in [-0.05, 0) is 75.1 Å². The van der Waals surface area contributed by atoms with Crippen molar-refractivity contribution < 1.29 is 22.7 Å². The molecule has 32 heavy (non-hydrogen) atoms. The van der Waals surface area contributed by atoms with Crippen molar-refractivity contribution in [3.05, 3.63) is 48.0 Å². The second-order valence-electron chi connectivity index (χ2n) is 8.15. The first-order chi connectivity index (χ1) is 15.2. The number of ether oxygens (including phenoxy) is 2.